The van der Waals surface area contributed by atoms with E-state index in [4.69, 9.17) is 21.9 Å². The Morgan fingerprint density at radius 1 is 0.496 bits per heavy atom. The summed E-state index contributed by atoms with van der Waals surface area (Å²) < 4.78 is 0. The molecule has 34 nitrogen and oxygen atoms in total. The fraction of sp³-hybridized carbons (Fsp3) is 0.655. The molecule has 3 heterocycles. The van der Waals surface area contributed by atoms with E-state index in [1.165, 1.54) is 49.3 Å². The van der Waals surface area contributed by atoms with Crippen LogP contribution in [0.15, 0.2) is 59.6 Å². The van der Waals surface area contributed by atoms with Crippen LogP contribution in [0.4, 0.5) is 0 Å². The fourth-order valence-corrected chi connectivity index (χ4v) is 15.3. The summed E-state index contributed by atoms with van der Waals surface area (Å²) in [5, 5.41) is 44.2. The molecular formula is C84H133N19O15S. The van der Waals surface area contributed by atoms with Gasteiger partial charge in [-0.2, -0.15) is 0 Å². The Morgan fingerprint density at radius 3 is 1.43 bits per heavy atom. The third kappa shape index (κ3) is 32.5. The maximum absolute atomic E-state index is 15.1. The molecule has 5 rings (SSSR count). The molecule has 2 aromatic rings. The number of nitrogens with two attached hydrogens (primary N) is 2. The van der Waals surface area contributed by atoms with Crippen molar-refractivity contribution in [2.24, 2.45) is 52.0 Å². The van der Waals surface area contributed by atoms with Gasteiger partial charge in [0.25, 0.3) is 0 Å². The number of fused-ring (bicyclic) bond motifs is 5. The van der Waals surface area contributed by atoms with Crippen LogP contribution >= 0.6 is 11.8 Å². The minimum Gasteiger partial charge on any atom is -0.370 e. The number of hydrogen-bond acceptors (Lipinski definition) is 18. The van der Waals surface area contributed by atoms with Crippen LogP contribution in [0.3, 0.4) is 0 Å². The second-order valence-corrected chi connectivity index (χ2v) is 35.2. The molecule has 15 amide bonds. The number of benzene rings is 2. The van der Waals surface area contributed by atoms with E-state index < -0.39 is 179 Å². The number of rotatable bonds is 21. The van der Waals surface area contributed by atoms with E-state index in [0.29, 0.717) is 34.6 Å². The Balaban J connectivity index is 1.54. The zero-order valence-electron chi connectivity index (χ0n) is 72.4. The first-order valence-corrected chi connectivity index (χ1v) is 42.9. The normalized spacial score (nSPS) is 26.4. The van der Waals surface area contributed by atoms with Gasteiger partial charge in [0.1, 0.15) is 90.6 Å². The lowest BCUT2D eigenvalue weighted by atomic mass is 9.99. The van der Waals surface area contributed by atoms with Crippen molar-refractivity contribution in [2.45, 2.75) is 292 Å². The molecule has 2 aromatic carbocycles. The zero-order chi connectivity index (χ0) is 88.8. The molecule has 1 unspecified atom stereocenters. The van der Waals surface area contributed by atoms with Crippen LogP contribution in [0.2, 0.25) is 0 Å². The minimum atomic E-state index is -1.34. The number of carbonyl (C=O) groups excluding carboxylic acids is 15. The van der Waals surface area contributed by atoms with Crippen molar-refractivity contribution in [3.05, 3.63) is 71.3 Å². The summed E-state index contributed by atoms with van der Waals surface area (Å²) in [6.45, 7) is 29.7. The monoisotopic (exact) mass is 1680 g/mol. The molecule has 1 saturated heterocycles. The van der Waals surface area contributed by atoms with Gasteiger partial charge in [-0.25, -0.2) is 0 Å². The maximum atomic E-state index is 15.1. The summed E-state index contributed by atoms with van der Waals surface area (Å²) in [4.78, 5) is 224. The number of thioether (sulfide) groups is 1. The second-order valence-electron chi connectivity index (χ2n) is 34.2. The Bertz CT molecular complexity index is 3900. The van der Waals surface area contributed by atoms with Gasteiger partial charge in [0.05, 0.1) is 5.04 Å². The molecule has 119 heavy (non-hydrogen) atoms. The van der Waals surface area contributed by atoms with E-state index in [1.54, 1.807) is 61.5 Å². The third-order valence-corrected chi connectivity index (χ3v) is 21.5. The van der Waals surface area contributed by atoms with Gasteiger partial charge >= 0.3 is 0 Å². The topological polar surface area (TPSA) is 507 Å². The van der Waals surface area contributed by atoms with Gasteiger partial charge in [-0.3, -0.25) is 82.3 Å². The summed E-state index contributed by atoms with van der Waals surface area (Å²) in [7, 11) is 0. The highest BCUT2D eigenvalue weighted by atomic mass is 32.2. The quantitative estimate of drug-likeness (QED) is 0.0482. The number of carbonyl (C=O) groups is 15. The molecule has 0 saturated carbocycles. The lowest BCUT2D eigenvalue weighted by Gasteiger charge is -2.33. The van der Waals surface area contributed by atoms with Crippen LogP contribution in [0.1, 0.15) is 205 Å². The summed E-state index contributed by atoms with van der Waals surface area (Å²) in [6, 6.07) is -3.12. The molecular weight excluding hydrogens is 1550 g/mol. The Hall–Kier alpha value is -10.2. The van der Waals surface area contributed by atoms with E-state index in [1.807, 2.05) is 83.1 Å². The highest BCUT2D eigenvalue weighted by molar-refractivity contribution is 8.14. The SMILES string of the molecule is CCCN1C(=O)[C@H](C)NC(=O)[C@H](CC(C)C)NC(=O)[C@H](CC(C)C)NC(=O)[C@@H]2CCCN2C(=O)[C@H](CC(C)C)NC(=O)[C@H](CCCNC(=N)N)NC(=O)[C@H](CC(C)C)NC(=O)[C@H](CC(C)C)NC(=O)[C@@H]2CSC(=N2)c2cccc(c2)C[C@@H](C(N)=O)NC(=O)[C@H](CC(C)C)NC(=O)[C@H](C)NC(=O)[C@H](Cc2ccccc2)NC(=O)[C@H](C)NC(=O)C1C. The number of guanidine groups is 1. The lowest BCUT2D eigenvalue weighted by Crippen LogP contribution is -2.61. The maximum Gasteiger partial charge on any atom is 0.246 e. The molecule has 15 atom stereocenters. The van der Waals surface area contributed by atoms with E-state index in [-0.39, 0.29) is 137 Å². The van der Waals surface area contributed by atoms with Crippen molar-refractivity contribution < 1.29 is 71.9 Å². The van der Waals surface area contributed by atoms with Gasteiger partial charge in [-0.1, -0.05) is 139 Å². The zero-order valence-corrected chi connectivity index (χ0v) is 73.2. The summed E-state index contributed by atoms with van der Waals surface area (Å²) >= 11 is 1.27. The van der Waals surface area contributed by atoms with Crippen molar-refractivity contribution in [1.29, 1.82) is 5.41 Å². The Morgan fingerprint density at radius 2 is 0.924 bits per heavy atom. The van der Waals surface area contributed by atoms with Crippen LogP contribution in [0.5, 0.6) is 0 Å². The molecule has 0 aromatic heterocycles. The van der Waals surface area contributed by atoms with Crippen LogP contribution in [-0.2, 0) is 84.8 Å². The first kappa shape index (κ1) is 99.3. The highest BCUT2D eigenvalue weighted by Crippen LogP contribution is 2.27. The molecule has 35 heteroatoms. The third-order valence-electron chi connectivity index (χ3n) is 20.4. The lowest BCUT2D eigenvalue weighted by molar-refractivity contribution is -0.143. The van der Waals surface area contributed by atoms with Gasteiger partial charge in [-0.15, -0.1) is 11.8 Å². The van der Waals surface area contributed by atoms with Crippen LogP contribution in [-0.4, -0.2) is 225 Å². The second kappa shape index (κ2) is 48.1. The standard InChI is InChI=1S/C84H133N19O15S/c1-18-32-102-53(17)71(107)89-50(14)69(105)95-64(41-54-25-20-19-21-26-54)74(110)90-51(15)70(106)94-60(35-45(4)5)76(112)93-58(68(85)104)42-55-27-22-28-56(40-55)81-101-66(43-119-81)79(115)98-62(37-47(8)9)77(113)97-61(36-46(6)7)75(111)92-57(29-23-31-88-84(86)87)72(108)100-65(39-49(12)13)83(118)103-33-24-30-67(103)80(116)99-63(38-48(10)11)78(114)96-59(34-44(2)3)73(109)91-52(16)82(102)117/h19-22,25-28,40,44-53,57-67H,18,23-24,29-39,41-43H2,1-17H3,(H2,85,104)(H,89,107)(H,90,110)(H,91,109)(H,92,111)(H,93,112)(H,94,106)(H,95,105)(H,96,114)(H,97,113)(H,98,115)(H,99,116)(H,100,108)(H4,86,87,88)/t50-,51-,52-,53?,57-,58-,59-,60-,61-,62-,63-,64-,65-,66-,67-/m0/s1. The van der Waals surface area contributed by atoms with Crippen LogP contribution < -0.4 is 80.6 Å². The van der Waals surface area contributed by atoms with E-state index in [9.17, 15) is 67.1 Å². The molecule has 0 radical (unpaired) electrons. The number of nitrogens with zero attached hydrogens (tertiary/aromatic N) is 3. The van der Waals surface area contributed by atoms with Gasteiger partial charge < -0.3 is 90.4 Å². The number of aliphatic imine (C=N–C) groups is 1. The van der Waals surface area contributed by atoms with E-state index >= 15 is 4.79 Å². The van der Waals surface area contributed by atoms with E-state index in [0.717, 1.165) is 0 Å². The first-order valence-electron chi connectivity index (χ1n) is 41.9. The van der Waals surface area contributed by atoms with Gasteiger partial charge in [0.15, 0.2) is 5.96 Å². The van der Waals surface area contributed by atoms with Crippen molar-refractivity contribution in [3.8, 4) is 0 Å². The predicted molar refractivity (Wildman–Crippen MR) is 455 cm³/mol. The minimum absolute atomic E-state index is 0.0234. The number of nitrogens with one attached hydrogen (secondary N) is 14. The van der Waals surface area contributed by atoms with Crippen molar-refractivity contribution in [2.75, 3.05) is 25.4 Å². The van der Waals surface area contributed by atoms with Gasteiger partial charge in [0.2, 0.25) is 88.6 Å². The summed E-state index contributed by atoms with van der Waals surface area (Å²) in [6.07, 6.45) is 1.43. The molecule has 0 aliphatic carbocycles. The number of amides is 15. The average Bonchev–Trinajstić information content (AvgIpc) is 1.72. The average molecular weight is 1680 g/mol. The van der Waals surface area contributed by atoms with E-state index in [2.05, 4.69) is 69.1 Å². The molecule has 1 fully saturated rings. The summed E-state index contributed by atoms with van der Waals surface area (Å²) in [5.74, 6) is -12.3. The fourth-order valence-electron chi connectivity index (χ4n) is 14.3. The molecule has 3 aliphatic rings. The predicted octanol–water partition coefficient (Wildman–Crippen LogP) is 1.87. The largest absolute Gasteiger partial charge is 0.370 e. The van der Waals surface area contributed by atoms with Crippen molar-refractivity contribution >= 4 is 111 Å². The van der Waals surface area contributed by atoms with Crippen molar-refractivity contribution in [3.63, 3.8) is 0 Å². The number of hydrogen-bond donors (Lipinski definition) is 16. The van der Waals surface area contributed by atoms with Gasteiger partial charge in [-0.05, 0) is 151 Å². The Labute approximate surface area is 704 Å². The Kier molecular flexibility index (Phi) is 40.2. The van der Waals surface area contributed by atoms with Crippen LogP contribution in [0, 0.1) is 40.9 Å². The smallest absolute Gasteiger partial charge is 0.246 e. The first-order chi connectivity index (χ1) is 56.0. The van der Waals surface area contributed by atoms with Gasteiger partial charge in [0, 0.05) is 43.8 Å². The van der Waals surface area contributed by atoms with Crippen molar-refractivity contribution in [1.82, 2.24) is 78.9 Å². The molecule has 18 N–H and O–H groups in total. The molecule has 0 spiro atoms. The summed E-state index contributed by atoms with van der Waals surface area (Å²) in [5.41, 5.74) is 13.3. The van der Waals surface area contributed by atoms with Crippen LogP contribution in [0.25, 0.3) is 0 Å². The molecule has 660 valence electrons. The molecule has 4 bridgehead atoms. The highest BCUT2D eigenvalue weighted by Gasteiger charge is 2.43. The number of primary amides is 1. The molecule has 3 aliphatic heterocycles.